The minimum absolute atomic E-state index is 0.751. The first-order valence-electron chi connectivity index (χ1n) is 6.04. The van der Waals surface area contributed by atoms with E-state index in [4.69, 9.17) is 0 Å². The van der Waals surface area contributed by atoms with Gasteiger partial charge in [-0.2, -0.15) is 0 Å². The van der Waals surface area contributed by atoms with Crippen molar-refractivity contribution >= 4 is 0 Å². The summed E-state index contributed by atoms with van der Waals surface area (Å²) in [7, 11) is 0. The molecule has 16 heavy (non-hydrogen) atoms. The molecule has 1 atom stereocenters. The zero-order valence-corrected chi connectivity index (χ0v) is 9.39. The molecule has 0 unspecified atom stereocenters. The zero-order valence-electron chi connectivity index (χ0n) is 9.39. The van der Waals surface area contributed by atoms with Crippen LogP contribution in [0.25, 0.3) is 11.4 Å². The lowest BCUT2D eigenvalue weighted by atomic mass is 9.99. The number of hydrogen-bond donors (Lipinski definition) is 1. The Morgan fingerprint density at radius 1 is 1.44 bits per heavy atom. The van der Waals surface area contributed by atoms with Crippen LogP contribution in [0.3, 0.4) is 0 Å². The highest BCUT2D eigenvalue weighted by atomic mass is 15.0. The summed E-state index contributed by atoms with van der Waals surface area (Å²) >= 11 is 0. The van der Waals surface area contributed by atoms with E-state index in [1.165, 1.54) is 24.9 Å². The fraction of sp³-hybridized carbons (Fsp3) is 0.462. The Kier molecular flexibility index (Phi) is 2.62. The second kappa shape index (κ2) is 4.26. The van der Waals surface area contributed by atoms with E-state index in [1.54, 1.807) is 0 Å². The summed E-state index contributed by atoms with van der Waals surface area (Å²) in [6.07, 6.45) is 6.66. The lowest BCUT2D eigenvalue weighted by Gasteiger charge is -2.24. The maximum Gasteiger partial charge on any atom is 0.139 e. The summed E-state index contributed by atoms with van der Waals surface area (Å²) in [4.78, 5) is 4.43. The molecule has 0 radical (unpaired) electrons. The maximum atomic E-state index is 4.43. The Hall–Kier alpha value is -1.35. The van der Waals surface area contributed by atoms with Crippen molar-refractivity contribution in [2.75, 3.05) is 13.1 Å². The number of nitrogens with one attached hydrogen (secondary N) is 1. The standard InChI is InChI=1S/C13H17N3/c1-3-11(9-14-6-1)10-16-8-2-4-12-5-7-15-13(12)16/h2,4-5,7-8,11,14H,1,3,6,9-10H2/t11-/m0/s1. The molecule has 0 saturated carbocycles. The van der Waals surface area contributed by atoms with Crippen molar-refractivity contribution in [1.82, 2.24) is 14.9 Å². The maximum absolute atomic E-state index is 4.43. The molecule has 3 aliphatic heterocycles. The van der Waals surface area contributed by atoms with Crippen molar-refractivity contribution in [3.05, 3.63) is 30.6 Å². The highest BCUT2D eigenvalue weighted by molar-refractivity contribution is 5.56. The monoisotopic (exact) mass is 215 g/mol. The minimum atomic E-state index is 0.751. The molecular formula is C13H17N3. The Labute approximate surface area is 95.8 Å². The molecule has 1 fully saturated rings. The van der Waals surface area contributed by atoms with Crippen molar-refractivity contribution in [3.8, 4) is 11.4 Å². The van der Waals surface area contributed by atoms with Gasteiger partial charge in [0.05, 0.1) is 0 Å². The van der Waals surface area contributed by atoms with Gasteiger partial charge in [0.15, 0.2) is 0 Å². The van der Waals surface area contributed by atoms with Crippen molar-refractivity contribution in [1.29, 1.82) is 0 Å². The molecule has 0 amide bonds. The second-order valence-electron chi connectivity index (χ2n) is 4.60. The fourth-order valence-electron chi connectivity index (χ4n) is 2.53. The first kappa shape index (κ1) is 9.85. The molecule has 3 aliphatic rings. The molecule has 0 aromatic rings. The van der Waals surface area contributed by atoms with E-state index in [0.29, 0.717) is 0 Å². The van der Waals surface area contributed by atoms with Crippen LogP contribution in [0, 0.1) is 5.92 Å². The average Bonchev–Trinajstić information content (AvgIpc) is 2.80. The molecule has 1 saturated heterocycles. The minimum Gasteiger partial charge on any atom is -0.332 e. The van der Waals surface area contributed by atoms with Crippen LogP contribution < -0.4 is 5.32 Å². The number of hydrogen-bond acceptors (Lipinski definition) is 2. The van der Waals surface area contributed by atoms with Gasteiger partial charge in [0.1, 0.15) is 5.82 Å². The average molecular weight is 215 g/mol. The van der Waals surface area contributed by atoms with Crippen LogP contribution in [0.1, 0.15) is 12.8 Å². The second-order valence-corrected chi connectivity index (χ2v) is 4.60. The van der Waals surface area contributed by atoms with Gasteiger partial charge in [-0.25, -0.2) is 4.98 Å². The van der Waals surface area contributed by atoms with Crippen LogP contribution in [-0.4, -0.2) is 22.6 Å². The lowest BCUT2D eigenvalue weighted by Crippen LogP contribution is -2.32. The largest absolute Gasteiger partial charge is 0.332 e. The van der Waals surface area contributed by atoms with Crippen LogP contribution in [0.4, 0.5) is 0 Å². The van der Waals surface area contributed by atoms with Crippen LogP contribution in [0.15, 0.2) is 30.6 Å². The van der Waals surface area contributed by atoms with E-state index in [1.807, 2.05) is 6.20 Å². The molecule has 0 spiro atoms. The number of piperidine rings is 1. The summed E-state index contributed by atoms with van der Waals surface area (Å²) in [6, 6.07) is 6.31. The summed E-state index contributed by atoms with van der Waals surface area (Å²) in [5, 5.41) is 3.46. The van der Waals surface area contributed by atoms with Crippen LogP contribution in [0.5, 0.6) is 0 Å². The van der Waals surface area contributed by atoms with Gasteiger partial charge in [0.25, 0.3) is 0 Å². The third-order valence-corrected chi connectivity index (χ3v) is 3.38. The van der Waals surface area contributed by atoms with Crippen molar-refractivity contribution in [3.63, 3.8) is 0 Å². The van der Waals surface area contributed by atoms with Crippen LogP contribution >= 0.6 is 0 Å². The lowest BCUT2D eigenvalue weighted by molar-refractivity contribution is 0.337. The highest BCUT2D eigenvalue weighted by Gasteiger charge is 2.15. The van der Waals surface area contributed by atoms with Gasteiger partial charge >= 0.3 is 0 Å². The molecule has 3 heterocycles. The SMILES string of the molecule is c1cc2ccnc-2n(C[C@H]2CCCNC2)c1. The molecule has 1 N–H and O–H groups in total. The van der Waals surface area contributed by atoms with Crippen molar-refractivity contribution < 1.29 is 0 Å². The van der Waals surface area contributed by atoms with Crippen LogP contribution in [0.2, 0.25) is 0 Å². The Morgan fingerprint density at radius 3 is 3.31 bits per heavy atom. The molecule has 3 heteroatoms. The zero-order chi connectivity index (χ0) is 10.8. The molecule has 0 aromatic carbocycles. The fourth-order valence-corrected chi connectivity index (χ4v) is 2.53. The smallest absolute Gasteiger partial charge is 0.139 e. The number of nitrogens with zero attached hydrogens (tertiary/aromatic N) is 2. The van der Waals surface area contributed by atoms with Crippen molar-refractivity contribution in [2.45, 2.75) is 19.4 Å². The summed E-state index contributed by atoms with van der Waals surface area (Å²) < 4.78 is 2.28. The van der Waals surface area contributed by atoms with E-state index in [0.717, 1.165) is 24.8 Å². The molecule has 84 valence electrons. The van der Waals surface area contributed by atoms with E-state index >= 15 is 0 Å². The Bertz CT molecular complexity index is 429. The van der Waals surface area contributed by atoms with E-state index < -0.39 is 0 Å². The molecule has 3 rings (SSSR count). The third-order valence-electron chi connectivity index (χ3n) is 3.38. The summed E-state index contributed by atoms with van der Waals surface area (Å²) in [6.45, 7) is 3.41. The van der Waals surface area contributed by atoms with Gasteiger partial charge in [-0.1, -0.05) is 0 Å². The van der Waals surface area contributed by atoms with E-state index in [-0.39, 0.29) is 0 Å². The normalized spacial score (nSPS) is 21.4. The first-order valence-corrected chi connectivity index (χ1v) is 6.04. The summed E-state index contributed by atoms with van der Waals surface area (Å²) in [5.74, 6) is 1.87. The van der Waals surface area contributed by atoms with Crippen molar-refractivity contribution in [2.24, 2.45) is 5.92 Å². The molecular weight excluding hydrogens is 198 g/mol. The van der Waals surface area contributed by atoms with Crippen LogP contribution in [-0.2, 0) is 6.54 Å². The van der Waals surface area contributed by atoms with Gasteiger partial charge in [-0.05, 0) is 50.0 Å². The van der Waals surface area contributed by atoms with E-state index in [9.17, 15) is 0 Å². The molecule has 0 aromatic heterocycles. The van der Waals surface area contributed by atoms with Gasteiger partial charge in [-0.3, -0.25) is 0 Å². The molecule has 0 aliphatic carbocycles. The third kappa shape index (κ3) is 1.83. The van der Waals surface area contributed by atoms with Gasteiger partial charge in [0.2, 0.25) is 0 Å². The van der Waals surface area contributed by atoms with Gasteiger partial charge in [0, 0.05) is 24.5 Å². The number of pyridine rings is 1. The van der Waals surface area contributed by atoms with E-state index in [2.05, 4.69) is 39.3 Å². The topological polar surface area (TPSA) is 29.9 Å². The highest BCUT2D eigenvalue weighted by Crippen LogP contribution is 2.21. The summed E-state index contributed by atoms with van der Waals surface area (Å²) in [5.41, 5.74) is 1.24. The van der Waals surface area contributed by atoms with Gasteiger partial charge in [-0.15, -0.1) is 0 Å². The first-order chi connectivity index (χ1) is 7.93. The quantitative estimate of drug-likeness (QED) is 0.830. The Balaban J connectivity index is 1.81. The number of rotatable bonds is 2. The van der Waals surface area contributed by atoms with Gasteiger partial charge < -0.3 is 9.88 Å². The predicted molar refractivity (Wildman–Crippen MR) is 64.4 cm³/mol. The predicted octanol–water partition coefficient (Wildman–Crippen LogP) is 1.99. The molecule has 0 bridgehead atoms. The number of fused-ring (bicyclic) bond motifs is 1. The molecule has 3 nitrogen and oxygen atoms in total. The number of aromatic nitrogens is 2. The Morgan fingerprint density at radius 2 is 2.44 bits per heavy atom.